The van der Waals surface area contributed by atoms with Crippen LogP contribution in [0, 0.1) is 0 Å². The first-order valence-corrected chi connectivity index (χ1v) is 37.5. The Kier molecular flexibility index (Phi) is 41.9. The third-order valence-corrected chi connectivity index (χ3v) is 21.1. The second-order valence-electron chi connectivity index (χ2n) is 28.8. The monoisotopic (exact) mass is 1530 g/mol. The van der Waals surface area contributed by atoms with Crippen molar-refractivity contribution >= 4 is 34.7 Å². The van der Waals surface area contributed by atoms with Gasteiger partial charge in [0.05, 0.1) is 49.6 Å². The van der Waals surface area contributed by atoms with E-state index < -0.39 is 41.9 Å². The molecule has 1 radical (unpaired) electrons. The van der Waals surface area contributed by atoms with Crippen LogP contribution < -0.4 is 16.0 Å². The van der Waals surface area contributed by atoms with E-state index in [1.807, 2.05) is 126 Å². The standard InChI is InChI=1S/C21H21F6NO.2C13H20BNO2.C12H15NO2.C12H17NO.C9H12.C2H5B2O3.2CH4/c22-20(23,24)17-9-15(10-18(11-17)21(25,26)27)12-29-14-19(7-4-8-28-13-19)16-5-2-1-3-6-16;1-14(17)15-9-5-8-13(10-15,11-16)12-6-3-2-4-7-12;1-14(17)15-9-7-13(11-16,8-10-15)12-5-3-2-4-6-12;14-11(15)12(6-8-13-9-7-12)10-4-2-1-3-5-10;14-10-12(7-4-8-13-9-12)11-5-2-1-3-6-11;1-8(2)9-6-4-3-5-7-9;1-3-7-6-2-4-5;;/h1-3,5-6,9-11,28H,4,7-8,12-14H2;2-4,6-7,16-17H,5,8-11H2,1H3;2-6,16-17H,7-11H2,1H3;1-5,13H,6-9H2,(H,14,15);1-3,5-6,13-14H,4,7-10H2;3-8H,1-2H3;2H2,1H3;2*1H4. The zero-order valence-corrected chi connectivity index (χ0v) is 63.2. The fraction of sp³-hybridized carbons (Fsp3) is 0.488. The number of carboxylic acids is 1. The van der Waals surface area contributed by atoms with Crippen LogP contribution in [0.4, 0.5) is 26.3 Å². The van der Waals surface area contributed by atoms with Gasteiger partial charge in [0, 0.05) is 41.3 Å². The summed E-state index contributed by atoms with van der Waals surface area (Å²) in [6.45, 7) is 18.4. The van der Waals surface area contributed by atoms with Crippen LogP contribution in [0.2, 0.25) is 20.5 Å². The van der Waals surface area contributed by atoms with Crippen molar-refractivity contribution < 1.29 is 80.7 Å². The summed E-state index contributed by atoms with van der Waals surface area (Å²) >= 11 is 0. The number of aliphatic hydroxyl groups is 3. The molecule has 16 nitrogen and oxygen atoms in total. The van der Waals surface area contributed by atoms with Crippen LogP contribution in [0.1, 0.15) is 149 Å². The smallest absolute Gasteiger partial charge is 0.416 e. The van der Waals surface area contributed by atoms with E-state index in [-0.39, 0.29) is 94.7 Å². The number of hydrogen-bond acceptors (Lipinski definition) is 15. The Morgan fingerprint density at radius 2 is 0.918 bits per heavy atom. The second-order valence-corrected chi connectivity index (χ2v) is 28.8. The van der Waals surface area contributed by atoms with Crippen LogP contribution in [-0.2, 0) is 70.0 Å². The minimum absolute atomic E-state index is 0. The van der Waals surface area contributed by atoms with Crippen molar-refractivity contribution in [2.45, 2.75) is 165 Å². The van der Waals surface area contributed by atoms with Gasteiger partial charge in [-0.3, -0.25) is 4.79 Å². The number of nitrogens with zero attached hydrogens (tertiary/aromatic N) is 2. The summed E-state index contributed by atoms with van der Waals surface area (Å²) in [6.07, 6.45) is -0.633. The Hall–Kier alpha value is -6.87. The van der Waals surface area contributed by atoms with Crippen molar-refractivity contribution in [2.75, 3.05) is 98.4 Å². The van der Waals surface area contributed by atoms with Crippen LogP contribution in [0.25, 0.3) is 0 Å². The Morgan fingerprint density at radius 1 is 0.518 bits per heavy atom. The van der Waals surface area contributed by atoms with Gasteiger partial charge in [-0.1, -0.05) is 211 Å². The van der Waals surface area contributed by atoms with Crippen LogP contribution in [-0.4, -0.2) is 173 Å². The van der Waals surface area contributed by atoms with E-state index in [1.54, 1.807) is 20.5 Å². The molecule has 0 saturated carbocycles. The number of carboxylic acid groups (broad SMARTS) is 1. The third kappa shape index (κ3) is 29.0. The number of nitrogens with one attached hydrogen (secondary N) is 3. The molecule has 12 rings (SSSR count). The van der Waals surface area contributed by atoms with Gasteiger partial charge in [-0.25, -0.2) is 0 Å². The number of piperidine rings is 5. The summed E-state index contributed by atoms with van der Waals surface area (Å²) in [5, 5.41) is 67.6. The molecule has 599 valence electrons. The number of aliphatic hydroxyl groups excluding tert-OH is 3. The van der Waals surface area contributed by atoms with Crippen molar-refractivity contribution in [3.63, 3.8) is 0 Å². The van der Waals surface area contributed by atoms with E-state index in [4.69, 9.17) is 4.74 Å². The number of halogens is 6. The number of rotatable bonds is 20. The Labute approximate surface area is 651 Å². The molecule has 26 heteroatoms. The van der Waals surface area contributed by atoms with Crippen molar-refractivity contribution in [2.24, 2.45) is 0 Å². The average Bonchev–Trinajstić information content (AvgIpc) is 0.812. The van der Waals surface area contributed by atoms with Gasteiger partial charge in [0.1, 0.15) is 0 Å². The number of hydrogen-bond donors (Lipinski definition) is 9. The topological polar surface area (TPSA) is 226 Å². The normalized spacial score (nSPS) is 20.0. The fourth-order valence-corrected chi connectivity index (χ4v) is 14.5. The minimum Gasteiger partial charge on any atom is -0.481 e. The van der Waals surface area contributed by atoms with Crippen molar-refractivity contribution in [1.29, 1.82) is 0 Å². The van der Waals surface area contributed by atoms with Gasteiger partial charge in [0.25, 0.3) is 0 Å². The van der Waals surface area contributed by atoms with Gasteiger partial charge in [-0.15, -0.1) is 0 Å². The molecule has 7 aromatic carbocycles. The van der Waals surface area contributed by atoms with Crippen LogP contribution in [0.15, 0.2) is 200 Å². The van der Waals surface area contributed by atoms with E-state index >= 15 is 0 Å². The molecule has 5 heterocycles. The fourth-order valence-electron chi connectivity index (χ4n) is 14.5. The molecule has 0 aliphatic carbocycles. The van der Waals surface area contributed by atoms with Crippen molar-refractivity contribution in [1.82, 2.24) is 25.6 Å². The van der Waals surface area contributed by atoms with E-state index in [1.165, 1.54) is 29.7 Å². The molecule has 5 fully saturated rings. The van der Waals surface area contributed by atoms with Crippen LogP contribution >= 0.6 is 0 Å². The quantitative estimate of drug-likeness (QED) is 0.0114. The molecule has 110 heavy (non-hydrogen) atoms. The zero-order chi connectivity index (χ0) is 78.5. The maximum atomic E-state index is 13.0. The molecule has 0 amide bonds. The Balaban J connectivity index is 0.000000281. The van der Waals surface area contributed by atoms with Gasteiger partial charge >= 0.3 is 74.8 Å². The summed E-state index contributed by atoms with van der Waals surface area (Å²) in [4.78, 5) is 24.0. The molecule has 9 N–H and O–H groups in total. The number of aliphatic carboxylic acids is 1. The summed E-state index contributed by atoms with van der Waals surface area (Å²) in [7, 11) is 1.14. The van der Waals surface area contributed by atoms with E-state index in [0.29, 0.717) is 44.6 Å². The molecule has 3 atom stereocenters. The van der Waals surface area contributed by atoms with Crippen molar-refractivity contribution in [3.05, 3.63) is 250 Å². The molecule has 7 aromatic rings. The average molecular weight is 1530 g/mol. The molecule has 5 saturated heterocycles. The zero-order valence-electron chi connectivity index (χ0n) is 63.2. The molecule has 3 unspecified atom stereocenters. The molecule has 0 bridgehead atoms. The van der Waals surface area contributed by atoms with Gasteiger partial charge < -0.3 is 60.8 Å². The first kappa shape index (κ1) is 95.5. The maximum Gasteiger partial charge on any atom is 0.416 e. The van der Waals surface area contributed by atoms with Gasteiger partial charge in [-0.2, -0.15) is 26.3 Å². The largest absolute Gasteiger partial charge is 0.481 e. The summed E-state index contributed by atoms with van der Waals surface area (Å²) in [5.41, 5.74) is 2.80. The SMILES string of the molecule is C.C.CB(O)N1CCC(CO)(c2ccccc2)CC1.CB(O)N1CCCC(CO)(c2ccccc2)C1.CC(C)c1ccccc1.C[B]OOCB=O.FC(F)(F)c1cc(COCC2(c3ccccc3)CCCNC2)cc(C(F)(F)F)c1.O=C(O)C1(c2ccccc2)CCNCC1.OCC1(c2ccccc2)CCCNC1. The summed E-state index contributed by atoms with van der Waals surface area (Å²) < 4.78 is 93.2. The first-order chi connectivity index (χ1) is 51.8. The van der Waals surface area contributed by atoms with E-state index in [0.717, 1.165) is 121 Å². The predicted octanol–water partition coefficient (Wildman–Crippen LogP) is 14.2. The Morgan fingerprint density at radius 3 is 1.29 bits per heavy atom. The molecule has 0 aromatic heterocycles. The van der Waals surface area contributed by atoms with Crippen LogP contribution in [0.5, 0.6) is 0 Å². The number of carbonyl (C=O) groups is 1. The number of benzene rings is 7. The maximum absolute atomic E-state index is 13.0. The van der Waals surface area contributed by atoms with Gasteiger partial charge in [0.15, 0.2) is 0 Å². The number of ether oxygens (including phenoxy) is 1. The van der Waals surface area contributed by atoms with Crippen LogP contribution in [0.3, 0.4) is 0 Å². The minimum atomic E-state index is -4.87. The summed E-state index contributed by atoms with van der Waals surface area (Å²) in [6, 6.07) is 61.9. The van der Waals surface area contributed by atoms with E-state index in [2.05, 4.69) is 105 Å². The molecular weight excluding hydrogens is 1410 g/mol. The first-order valence-electron chi connectivity index (χ1n) is 37.5. The summed E-state index contributed by atoms with van der Waals surface area (Å²) in [5.74, 6) is -0.0404. The van der Waals surface area contributed by atoms with Crippen molar-refractivity contribution in [3.8, 4) is 0 Å². The predicted molar refractivity (Wildman–Crippen MR) is 430 cm³/mol. The van der Waals surface area contributed by atoms with Gasteiger partial charge in [-0.05, 0) is 187 Å². The molecular formula is C84H118B4F6N5O11. The number of alkyl halides is 6. The third-order valence-electron chi connectivity index (χ3n) is 21.1. The second kappa shape index (κ2) is 48.3. The van der Waals surface area contributed by atoms with Gasteiger partial charge in [0.2, 0.25) is 0 Å². The van der Waals surface area contributed by atoms with E-state index in [9.17, 15) is 66.3 Å². The molecule has 5 aliphatic rings. The molecule has 0 spiro atoms. The molecule has 5 aliphatic heterocycles. The Bertz CT molecular complexity index is 3570.